The SMILES string of the molecule is O=C(CNCc1ccco1)NCCc1cccc(Cl)c1. The zero-order chi connectivity index (χ0) is 14.2. The average molecular weight is 293 g/mol. The Morgan fingerprint density at radius 2 is 2.15 bits per heavy atom. The first-order chi connectivity index (χ1) is 9.74. The molecule has 20 heavy (non-hydrogen) atoms. The van der Waals surface area contributed by atoms with Gasteiger partial charge in [0, 0.05) is 11.6 Å². The second-order valence-electron chi connectivity index (χ2n) is 4.41. The molecule has 0 radical (unpaired) electrons. The van der Waals surface area contributed by atoms with Gasteiger partial charge in [-0.05, 0) is 36.2 Å². The van der Waals surface area contributed by atoms with Gasteiger partial charge in [-0.2, -0.15) is 0 Å². The summed E-state index contributed by atoms with van der Waals surface area (Å²) in [4.78, 5) is 11.6. The fourth-order valence-electron chi connectivity index (χ4n) is 1.81. The fraction of sp³-hybridized carbons (Fsp3) is 0.267. The lowest BCUT2D eigenvalue weighted by Crippen LogP contribution is -2.34. The minimum atomic E-state index is -0.0291. The Kier molecular flexibility index (Phi) is 5.65. The second kappa shape index (κ2) is 7.72. The van der Waals surface area contributed by atoms with Gasteiger partial charge in [-0.15, -0.1) is 0 Å². The molecule has 5 heteroatoms. The first-order valence-corrected chi connectivity index (χ1v) is 6.86. The van der Waals surface area contributed by atoms with E-state index in [1.807, 2.05) is 36.4 Å². The normalized spacial score (nSPS) is 10.4. The summed E-state index contributed by atoms with van der Waals surface area (Å²) in [5.74, 6) is 0.787. The van der Waals surface area contributed by atoms with Crippen molar-refractivity contribution in [2.24, 2.45) is 0 Å². The van der Waals surface area contributed by atoms with E-state index < -0.39 is 0 Å². The number of furan rings is 1. The van der Waals surface area contributed by atoms with Crippen LogP contribution >= 0.6 is 11.6 Å². The molecule has 0 atom stereocenters. The monoisotopic (exact) mass is 292 g/mol. The third-order valence-corrected chi connectivity index (χ3v) is 3.02. The van der Waals surface area contributed by atoms with E-state index in [0.717, 1.165) is 17.7 Å². The summed E-state index contributed by atoms with van der Waals surface area (Å²) in [5.41, 5.74) is 1.11. The standard InChI is InChI=1S/C15H17ClN2O2/c16-13-4-1-3-12(9-13)6-7-18-15(19)11-17-10-14-5-2-8-20-14/h1-5,8-9,17H,6-7,10-11H2,(H,18,19). The lowest BCUT2D eigenvalue weighted by Gasteiger charge is -2.06. The fourth-order valence-corrected chi connectivity index (χ4v) is 2.03. The van der Waals surface area contributed by atoms with E-state index in [2.05, 4.69) is 10.6 Å². The molecule has 0 unspecified atom stereocenters. The first-order valence-electron chi connectivity index (χ1n) is 6.48. The number of hydrogen-bond acceptors (Lipinski definition) is 3. The highest BCUT2D eigenvalue weighted by molar-refractivity contribution is 6.30. The minimum Gasteiger partial charge on any atom is -0.468 e. The van der Waals surface area contributed by atoms with Crippen molar-refractivity contribution in [3.63, 3.8) is 0 Å². The van der Waals surface area contributed by atoms with Gasteiger partial charge in [0.2, 0.25) is 5.91 Å². The van der Waals surface area contributed by atoms with Crippen molar-refractivity contribution in [2.75, 3.05) is 13.1 Å². The average Bonchev–Trinajstić information content (AvgIpc) is 2.92. The summed E-state index contributed by atoms with van der Waals surface area (Å²) < 4.78 is 5.16. The van der Waals surface area contributed by atoms with E-state index in [-0.39, 0.29) is 12.5 Å². The summed E-state index contributed by atoms with van der Waals surface area (Å²) in [5, 5.41) is 6.59. The van der Waals surface area contributed by atoms with Crippen molar-refractivity contribution in [3.8, 4) is 0 Å². The predicted octanol–water partition coefficient (Wildman–Crippen LogP) is 2.38. The molecule has 0 aliphatic carbocycles. The van der Waals surface area contributed by atoms with E-state index in [9.17, 15) is 4.79 Å². The summed E-state index contributed by atoms with van der Waals surface area (Å²) in [6.07, 6.45) is 2.38. The highest BCUT2D eigenvalue weighted by Crippen LogP contribution is 2.10. The Labute approximate surface area is 123 Å². The molecule has 1 amide bonds. The van der Waals surface area contributed by atoms with E-state index in [4.69, 9.17) is 16.0 Å². The molecular weight excluding hydrogens is 276 g/mol. The van der Waals surface area contributed by atoms with E-state index in [1.165, 1.54) is 0 Å². The third kappa shape index (κ3) is 5.07. The van der Waals surface area contributed by atoms with Crippen LogP contribution in [0.2, 0.25) is 5.02 Å². The van der Waals surface area contributed by atoms with Crippen LogP contribution in [-0.4, -0.2) is 19.0 Å². The zero-order valence-electron chi connectivity index (χ0n) is 11.1. The number of hydrogen-bond donors (Lipinski definition) is 2. The second-order valence-corrected chi connectivity index (χ2v) is 4.85. The van der Waals surface area contributed by atoms with Crippen LogP contribution in [0, 0.1) is 0 Å². The van der Waals surface area contributed by atoms with Gasteiger partial charge >= 0.3 is 0 Å². The number of benzene rings is 1. The first kappa shape index (κ1) is 14.6. The molecule has 2 rings (SSSR count). The van der Waals surface area contributed by atoms with Crippen molar-refractivity contribution in [1.82, 2.24) is 10.6 Å². The van der Waals surface area contributed by atoms with Gasteiger partial charge in [0.15, 0.2) is 0 Å². The quantitative estimate of drug-likeness (QED) is 0.824. The Hall–Kier alpha value is -1.78. The van der Waals surface area contributed by atoms with Crippen molar-refractivity contribution in [1.29, 1.82) is 0 Å². The predicted molar refractivity (Wildman–Crippen MR) is 78.6 cm³/mol. The number of carbonyl (C=O) groups is 1. The smallest absolute Gasteiger partial charge is 0.233 e. The molecule has 1 aromatic heterocycles. The van der Waals surface area contributed by atoms with Crippen LogP contribution in [0.25, 0.3) is 0 Å². The zero-order valence-corrected chi connectivity index (χ0v) is 11.8. The van der Waals surface area contributed by atoms with Crippen LogP contribution in [0.5, 0.6) is 0 Å². The van der Waals surface area contributed by atoms with Crippen molar-refractivity contribution >= 4 is 17.5 Å². The maximum Gasteiger partial charge on any atom is 0.233 e. The maximum atomic E-state index is 11.6. The van der Waals surface area contributed by atoms with Crippen LogP contribution in [0.4, 0.5) is 0 Å². The lowest BCUT2D eigenvalue weighted by molar-refractivity contribution is -0.120. The van der Waals surface area contributed by atoms with Gasteiger partial charge in [-0.3, -0.25) is 4.79 Å². The highest BCUT2D eigenvalue weighted by Gasteiger charge is 2.02. The lowest BCUT2D eigenvalue weighted by atomic mass is 10.1. The van der Waals surface area contributed by atoms with Gasteiger partial charge < -0.3 is 15.1 Å². The van der Waals surface area contributed by atoms with E-state index in [0.29, 0.717) is 18.1 Å². The molecule has 0 spiro atoms. The number of carbonyl (C=O) groups excluding carboxylic acids is 1. The molecule has 0 bridgehead atoms. The number of halogens is 1. The Bertz CT molecular complexity index is 541. The molecule has 0 fully saturated rings. The maximum absolute atomic E-state index is 11.6. The van der Waals surface area contributed by atoms with E-state index in [1.54, 1.807) is 6.26 Å². The summed E-state index contributed by atoms with van der Waals surface area (Å²) in [6.45, 7) is 1.42. The van der Waals surface area contributed by atoms with Crippen molar-refractivity contribution in [2.45, 2.75) is 13.0 Å². The Morgan fingerprint density at radius 3 is 2.90 bits per heavy atom. The van der Waals surface area contributed by atoms with Crippen LogP contribution in [0.15, 0.2) is 47.1 Å². The number of nitrogens with one attached hydrogen (secondary N) is 2. The Morgan fingerprint density at radius 1 is 1.25 bits per heavy atom. The molecule has 4 nitrogen and oxygen atoms in total. The van der Waals surface area contributed by atoms with Crippen LogP contribution in [-0.2, 0) is 17.8 Å². The van der Waals surface area contributed by atoms with Crippen LogP contribution in [0.3, 0.4) is 0 Å². The number of amides is 1. The largest absolute Gasteiger partial charge is 0.468 e. The molecule has 2 aromatic rings. The molecule has 1 heterocycles. The molecule has 0 aliphatic rings. The van der Waals surface area contributed by atoms with Crippen molar-refractivity contribution < 1.29 is 9.21 Å². The third-order valence-electron chi connectivity index (χ3n) is 2.79. The molecule has 0 saturated carbocycles. The van der Waals surface area contributed by atoms with Gasteiger partial charge in [0.05, 0.1) is 19.4 Å². The topological polar surface area (TPSA) is 54.3 Å². The minimum absolute atomic E-state index is 0.0291. The summed E-state index contributed by atoms with van der Waals surface area (Å²) >= 11 is 5.90. The van der Waals surface area contributed by atoms with E-state index >= 15 is 0 Å². The van der Waals surface area contributed by atoms with Crippen molar-refractivity contribution in [3.05, 3.63) is 59.0 Å². The van der Waals surface area contributed by atoms with Gasteiger partial charge in [0.1, 0.15) is 5.76 Å². The molecule has 106 valence electrons. The van der Waals surface area contributed by atoms with Gasteiger partial charge in [-0.1, -0.05) is 23.7 Å². The summed E-state index contributed by atoms with van der Waals surface area (Å²) in [7, 11) is 0. The molecule has 0 aliphatic heterocycles. The molecule has 2 N–H and O–H groups in total. The molecular formula is C15H17ClN2O2. The van der Waals surface area contributed by atoms with Gasteiger partial charge in [0.25, 0.3) is 0 Å². The van der Waals surface area contributed by atoms with Crippen LogP contribution in [0.1, 0.15) is 11.3 Å². The molecule has 1 aromatic carbocycles. The molecule has 0 saturated heterocycles. The highest BCUT2D eigenvalue weighted by atomic mass is 35.5. The van der Waals surface area contributed by atoms with Crippen LogP contribution < -0.4 is 10.6 Å². The summed E-state index contributed by atoms with van der Waals surface area (Å²) in [6, 6.07) is 11.3. The number of rotatable bonds is 7. The van der Waals surface area contributed by atoms with Gasteiger partial charge in [-0.25, -0.2) is 0 Å². The Balaban J connectivity index is 1.60.